The van der Waals surface area contributed by atoms with Crippen LogP contribution in [0.4, 0.5) is 17.5 Å². The highest BCUT2D eigenvalue weighted by molar-refractivity contribution is 5.87. The van der Waals surface area contributed by atoms with Gasteiger partial charge in [0.1, 0.15) is 5.60 Å². The molecule has 2 fully saturated rings. The standard InChI is InChI=1S/C25H28N6O2/c1-26-23-29-21-20(27-16-28-21)22(30-23)31-15-24(10-12-33-13-11-24)18-5-4-17(14-19(18)31)6-9-25(32)7-2-3-8-25/h4-5,14,16,32H,2-3,7-8,10-13,15H2,1H3,(H2,26,27,28,29,30)/p+1. The van der Waals surface area contributed by atoms with E-state index in [1.54, 1.807) is 6.33 Å². The number of imidazole rings is 1. The summed E-state index contributed by atoms with van der Waals surface area (Å²) in [5, 5.41) is 13.8. The number of hydrogen-bond donors (Lipinski definition) is 3. The number of aliphatic hydroxyl groups is 1. The van der Waals surface area contributed by atoms with E-state index in [0.717, 1.165) is 80.9 Å². The van der Waals surface area contributed by atoms with Crippen LogP contribution in [0.25, 0.3) is 11.2 Å². The van der Waals surface area contributed by atoms with Crippen LogP contribution in [0, 0.1) is 11.8 Å². The zero-order valence-electron chi connectivity index (χ0n) is 18.9. The molecule has 2 aliphatic heterocycles. The molecule has 2 aromatic heterocycles. The highest BCUT2D eigenvalue weighted by Crippen LogP contribution is 2.49. The van der Waals surface area contributed by atoms with Crippen LogP contribution in [-0.4, -0.2) is 52.5 Å². The molecule has 1 saturated carbocycles. The topological polar surface area (TPSA) is 100 Å². The van der Waals surface area contributed by atoms with Gasteiger partial charge >= 0.3 is 5.95 Å². The second-order valence-corrected chi connectivity index (χ2v) is 9.48. The number of benzene rings is 1. The zero-order chi connectivity index (χ0) is 22.5. The summed E-state index contributed by atoms with van der Waals surface area (Å²) >= 11 is 0. The van der Waals surface area contributed by atoms with Crippen LogP contribution in [0.2, 0.25) is 0 Å². The molecule has 0 amide bonds. The second kappa shape index (κ2) is 7.72. The van der Waals surface area contributed by atoms with E-state index < -0.39 is 5.60 Å². The van der Waals surface area contributed by atoms with Crippen molar-refractivity contribution in [1.82, 2.24) is 15.0 Å². The quantitative estimate of drug-likeness (QED) is 0.525. The van der Waals surface area contributed by atoms with Crippen LogP contribution in [0.5, 0.6) is 0 Å². The van der Waals surface area contributed by atoms with E-state index in [1.165, 1.54) is 5.56 Å². The molecule has 1 saturated heterocycles. The minimum absolute atomic E-state index is 0.0342. The Morgan fingerprint density at radius 1 is 1.21 bits per heavy atom. The smallest absolute Gasteiger partial charge is 0.346 e. The number of hydrogen-bond acceptors (Lipinski definition) is 6. The fourth-order valence-corrected chi connectivity index (χ4v) is 5.59. The number of nitrogens with one attached hydrogen (secondary N) is 3. The molecule has 1 spiro atoms. The first-order valence-corrected chi connectivity index (χ1v) is 11.8. The maximum absolute atomic E-state index is 10.7. The molecule has 0 atom stereocenters. The van der Waals surface area contributed by atoms with E-state index in [0.29, 0.717) is 11.6 Å². The summed E-state index contributed by atoms with van der Waals surface area (Å²) in [6.45, 7) is 2.39. The molecule has 0 radical (unpaired) electrons. The molecule has 33 heavy (non-hydrogen) atoms. The van der Waals surface area contributed by atoms with Gasteiger partial charge in [0.25, 0.3) is 0 Å². The molecule has 8 nitrogen and oxygen atoms in total. The predicted molar refractivity (Wildman–Crippen MR) is 125 cm³/mol. The van der Waals surface area contributed by atoms with Crippen LogP contribution in [0.3, 0.4) is 0 Å². The Hall–Kier alpha value is -3.15. The summed E-state index contributed by atoms with van der Waals surface area (Å²) in [6.07, 6.45) is 7.25. The SMILES string of the molecule is CNc1nc2nc[nH]c2c(N2CC3(CCOCC3)c3ccc(C#CC4(O)CCCC4)cc32)[nH+]1. The first-order chi connectivity index (χ1) is 16.1. The number of H-pyrrole nitrogens is 2. The van der Waals surface area contributed by atoms with E-state index >= 15 is 0 Å². The normalized spacial score (nSPS) is 20.6. The molecule has 170 valence electrons. The van der Waals surface area contributed by atoms with Crippen molar-refractivity contribution in [2.45, 2.75) is 49.5 Å². The van der Waals surface area contributed by atoms with Crippen molar-refractivity contribution >= 4 is 28.6 Å². The fourth-order valence-electron chi connectivity index (χ4n) is 5.59. The van der Waals surface area contributed by atoms with Gasteiger partial charge in [0, 0.05) is 31.2 Å². The van der Waals surface area contributed by atoms with Gasteiger partial charge in [-0.05, 0) is 56.2 Å². The van der Waals surface area contributed by atoms with Gasteiger partial charge in [-0.2, -0.15) is 0 Å². The molecule has 1 aliphatic carbocycles. The van der Waals surface area contributed by atoms with Crippen molar-refractivity contribution in [3.05, 3.63) is 35.7 Å². The van der Waals surface area contributed by atoms with Crippen LogP contribution in [0.1, 0.15) is 49.7 Å². The molecular weight excluding hydrogens is 416 g/mol. The Labute approximate surface area is 192 Å². The van der Waals surface area contributed by atoms with E-state index in [9.17, 15) is 5.11 Å². The minimum Gasteiger partial charge on any atom is -0.381 e. The number of ether oxygens (including phenoxy) is 1. The Kier molecular flexibility index (Phi) is 4.78. The maximum Gasteiger partial charge on any atom is 0.346 e. The Bertz CT molecular complexity index is 1260. The number of rotatable bonds is 2. The lowest BCUT2D eigenvalue weighted by Crippen LogP contribution is -2.38. The van der Waals surface area contributed by atoms with Gasteiger partial charge in [0.2, 0.25) is 11.5 Å². The van der Waals surface area contributed by atoms with Crippen molar-refractivity contribution < 1.29 is 14.8 Å². The van der Waals surface area contributed by atoms with Gasteiger partial charge < -0.3 is 14.8 Å². The zero-order valence-corrected chi connectivity index (χ0v) is 18.9. The molecule has 0 unspecified atom stereocenters. The lowest BCUT2D eigenvalue weighted by atomic mass is 9.76. The fraction of sp³-hybridized carbons (Fsp3) is 0.480. The summed E-state index contributed by atoms with van der Waals surface area (Å²) in [7, 11) is 1.85. The largest absolute Gasteiger partial charge is 0.381 e. The lowest BCUT2D eigenvalue weighted by molar-refractivity contribution is -0.348. The summed E-state index contributed by atoms with van der Waals surface area (Å²) in [6, 6.07) is 6.50. The van der Waals surface area contributed by atoms with Gasteiger partial charge in [0.15, 0.2) is 5.52 Å². The van der Waals surface area contributed by atoms with Crippen LogP contribution < -0.4 is 15.2 Å². The Morgan fingerprint density at radius 2 is 2.03 bits per heavy atom. The third kappa shape index (κ3) is 3.43. The highest BCUT2D eigenvalue weighted by atomic mass is 16.5. The number of aromatic nitrogens is 4. The lowest BCUT2D eigenvalue weighted by Gasteiger charge is -2.33. The number of anilines is 3. The highest BCUT2D eigenvalue weighted by Gasteiger charge is 2.47. The predicted octanol–water partition coefficient (Wildman–Crippen LogP) is 2.67. The van der Waals surface area contributed by atoms with Crippen LogP contribution in [0.15, 0.2) is 24.5 Å². The molecule has 0 bridgehead atoms. The van der Waals surface area contributed by atoms with Crippen molar-refractivity contribution in [2.24, 2.45) is 0 Å². The molecule has 4 N–H and O–H groups in total. The average molecular weight is 446 g/mol. The monoisotopic (exact) mass is 445 g/mol. The molecular formula is C25H29N6O2+. The molecule has 1 aromatic carbocycles. The summed E-state index contributed by atoms with van der Waals surface area (Å²) < 4.78 is 5.72. The third-order valence-electron chi connectivity index (χ3n) is 7.46. The van der Waals surface area contributed by atoms with E-state index in [1.807, 2.05) is 7.05 Å². The van der Waals surface area contributed by atoms with Gasteiger partial charge in [-0.3, -0.25) is 10.2 Å². The molecule has 3 aliphatic rings. The first kappa shape index (κ1) is 20.5. The Morgan fingerprint density at radius 3 is 2.82 bits per heavy atom. The van der Waals surface area contributed by atoms with E-state index in [4.69, 9.17) is 4.74 Å². The molecule has 4 heterocycles. The summed E-state index contributed by atoms with van der Waals surface area (Å²) in [5.74, 6) is 8.03. The van der Waals surface area contributed by atoms with Gasteiger partial charge in [-0.25, -0.2) is 9.97 Å². The van der Waals surface area contributed by atoms with Gasteiger partial charge in [0.05, 0.1) is 18.6 Å². The third-order valence-corrected chi connectivity index (χ3v) is 7.46. The van der Waals surface area contributed by atoms with Crippen molar-refractivity contribution in [3.8, 4) is 11.8 Å². The van der Waals surface area contributed by atoms with Crippen molar-refractivity contribution in [1.29, 1.82) is 0 Å². The second-order valence-electron chi connectivity index (χ2n) is 9.48. The molecule has 8 heteroatoms. The van der Waals surface area contributed by atoms with Crippen molar-refractivity contribution in [3.63, 3.8) is 0 Å². The van der Waals surface area contributed by atoms with E-state index in [-0.39, 0.29) is 5.41 Å². The van der Waals surface area contributed by atoms with Crippen molar-refractivity contribution in [2.75, 3.05) is 37.0 Å². The number of fused-ring (bicyclic) bond motifs is 3. The van der Waals surface area contributed by atoms with Crippen LogP contribution in [-0.2, 0) is 10.2 Å². The molecule has 3 aromatic rings. The summed E-state index contributed by atoms with van der Waals surface area (Å²) in [4.78, 5) is 18.0. The number of aromatic amines is 2. The Balaban J connectivity index is 1.48. The maximum atomic E-state index is 10.7. The average Bonchev–Trinajstić information content (AvgIpc) is 3.56. The van der Waals surface area contributed by atoms with Gasteiger partial charge in [-0.1, -0.05) is 22.9 Å². The van der Waals surface area contributed by atoms with Gasteiger partial charge in [-0.15, -0.1) is 0 Å². The van der Waals surface area contributed by atoms with E-state index in [2.05, 4.69) is 60.2 Å². The number of nitrogens with zero attached hydrogens (tertiary/aromatic N) is 3. The minimum atomic E-state index is -0.844. The molecule has 6 rings (SSSR count). The summed E-state index contributed by atoms with van der Waals surface area (Å²) in [5.41, 5.74) is 4.13. The van der Waals surface area contributed by atoms with Crippen LogP contribution >= 0.6 is 0 Å². The first-order valence-electron chi connectivity index (χ1n) is 11.8.